The van der Waals surface area contributed by atoms with Gasteiger partial charge in [-0.3, -0.25) is 0 Å². The van der Waals surface area contributed by atoms with E-state index in [1.165, 1.54) is 14.2 Å². The minimum Gasteiger partial charge on any atom is -0.493 e. The summed E-state index contributed by atoms with van der Waals surface area (Å²) in [5.74, 6) is 1.25. The summed E-state index contributed by atoms with van der Waals surface area (Å²) in [6, 6.07) is 11.2. The van der Waals surface area contributed by atoms with E-state index in [1.807, 2.05) is 0 Å². The number of nitrogens with zero attached hydrogens (tertiary/aromatic N) is 2. The lowest BCUT2D eigenvalue weighted by molar-refractivity contribution is -0.173. The summed E-state index contributed by atoms with van der Waals surface area (Å²) in [5.41, 5.74) is 2.47. The molecule has 0 saturated carbocycles. The van der Waals surface area contributed by atoms with Gasteiger partial charge in [0.15, 0.2) is 17.5 Å². The average molecular weight is 433 g/mol. The van der Waals surface area contributed by atoms with E-state index in [0.717, 1.165) is 4.68 Å². The fourth-order valence-corrected chi connectivity index (χ4v) is 3.78. The maximum absolute atomic E-state index is 13.9. The van der Waals surface area contributed by atoms with Gasteiger partial charge in [-0.2, -0.15) is 18.3 Å². The van der Waals surface area contributed by atoms with Crippen molar-refractivity contribution < 1.29 is 27.8 Å². The smallest absolute Gasteiger partial charge is 0.410 e. The van der Waals surface area contributed by atoms with Gasteiger partial charge in [0, 0.05) is 18.1 Å². The van der Waals surface area contributed by atoms with Crippen molar-refractivity contribution in [2.24, 2.45) is 0 Å². The SMILES string of the molecule is COc1ccc(C2CC(C(F)(F)F)n3nc(-c4ccc(CO)cc4)cc3N2)cc1OC. The van der Waals surface area contributed by atoms with Gasteiger partial charge in [-0.05, 0) is 23.3 Å². The molecule has 2 N–H and O–H groups in total. The number of fused-ring (bicyclic) bond motifs is 1. The van der Waals surface area contributed by atoms with Crippen LogP contribution in [0.2, 0.25) is 0 Å². The van der Waals surface area contributed by atoms with Gasteiger partial charge < -0.3 is 19.9 Å². The van der Waals surface area contributed by atoms with Gasteiger partial charge in [-0.25, -0.2) is 4.68 Å². The zero-order chi connectivity index (χ0) is 22.2. The van der Waals surface area contributed by atoms with Crippen molar-refractivity contribution in [2.75, 3.05) is 19.5 Å². The van der Waals surface area contributed by atoms with Crippen molar-refractivity contribution in [3.8, 4) is 22.8 Å². The standard InChI is InChI=1S/C22H22F3N3O3/c1-30-18-8-7-15(9-19(18)31-2)16-10-20(22(23,24)25)28-21(26-16)11-17(27-28)14-5-3-13(12-29)4-6-14/h3-9,11,16,20,26,29H,10,12H2,1-2H3. The second-order valence-corrected chi connectivity index (χ2v) is 7.32. The Morgan fingerprint density at radius 1 is 1.06 bits per heavy atom. The summed E-state index contributed by atoms with van der Waals surface area (Å²) in [5, 5.41) is 16.6. The lowest BCUT2D eigenvalue weighted by Gasteiger charge is -2.33. The highest BCUT2D eigenvalue weighted by atomic mass is 19.4. The van der Waals surface area contributed by atoms with Crippen molar-refractivity contribution in [3.05, 3.63) is 59.7 Å². The number of nitrogens with one attached hydrogen (secondary N) is 1. The predicted molar refractivity (Wildman–Crippen MR) is 109 cm³/mol. The number of anilines is 1. The number of aliphatic hydroxyl groups excluding tert-OH is 1. The Kier molecular flexibility index (Phi) is 5.53. The fourth-order valence-electron chi connectivity index (χ4n) is 3.78. The van der Waals surface area contributed by atoms with Crippen molar-refractivity contribution >= 4 is 5.82 Å². The van der Waals surface area contributed by atoms with Crippen molar-refractivity contribution in [2.45, 2.75) is 31.3 Å². The third kappa shape index (κ3) is 4.05. The number of aliphatic hydroxyl groups is 1. The molecule has 2 atom stereocenters. The van der Waals surface area contributed by atoms with Gasteiger partial charge in [0.25, 0.3) is 0 Å². The van der Waals surface area contributed by atoms with Crippen LogP contribution in [0.15, 0.2) is 48.5 Å². The topological polar surface area (TPSA) is 68.5 Å². The first-order valence-electron chi connectivity index (χ1n) is 9.69. The molecular weight excluding hydrogens is 411 g/mol. The van der Waals surface area contributed by atoms with E-state index in [4.69, 9.17) is 9.47 Å². The van der Waals surface area contributed by atoms with Gasteiger partial charge in [0.05, 0.1) is 32.6 Å². The van der Waals surface area contributed by atoms with Gasteiger partial charge >= 0.3 is 6.18 Å². The number of ether oxygens (including phenoxy) is 2. The molecule has 0 fully saturated rings. The van der Waals surface area contributed by atoms with Crippen LogP contribution in [0.3, 0.4) is 0 Å². The lowest BCUT2D eigenvalue weighted by Crippen LogP contribution is -2.35. The highest BCUT2D eigenvalue weighted by molar-refractivity contribution is 5.64. The number of halogens is 3. The molecule has 1 aromatic heterocycles. The van der Waals surface area contributed by atoms with Gasteiger partial charge in [0.2, 0.25) is 0 Å². The van der Waals surface area contributed by atoms with Gasteiger partial charge in [0.1, 0.15) is 5.82 Å². The third-order valence-corrected chi connectivity index (χ3v) is 5.43. The van der Waals surface area contributed by atoms with Crippen LogP contribution in [0, 0.1) is 0 Å². The predicted octanol–water partition coefficient (Wildman–Crippen LogP) is 4.72. The number of benzene rings is 2. The fraction of sp³-hybridized carbons (Fsp3) is 0.318. The van der Waals surface area contributed by atoms with Crippen LogP contribution in [-0.2, 0) is 6.61 Å². The first-order valence-corrected chi connectivity index (χ1v) is 9.69. The molecule has 2 aromatic carbocycles. The normalized spacial score (nSPS) is 18.3. The van der Waals surface area contributed by atoms with Crippen LogP contribution >= 0.6 is 0 Å². The Balaban J connectivity index is 1.72. The molecule has 2 unspecified atom stereocenters. The molecule has 1 aliphatic rings. The van der Waals surface area contributed by atoms with Crippen LogP contribution in [0.4, 0.5) is 19.0 Å². The third-order valence-electron chi connectivity index (χ3n) is 5.43. The van der Waals surface area contributed by atoms with Crippen LogP contribution < -0.4 is 14.8 Å². The average Bonchev–Trinajstić information content (AvgIpc) is 3.21. The molecule has 3 aromatic rings. The van der Waals surface area contributed by atoms with Crippen LogP contribution in [-0.4, -0.2) is 35.3 Å². The van der Waals surface area contributed by atoms with Crippen molar-refractivity contribution in [1.29, 1.82) is 0 Å². The second kappa shape index (κ2) is 8.14. The first-order chi connectivity index (χ1) is 14.8. The van der Waals surface area contributed by atoms with Gasteiger partial charge in [-0.15, -0.1) is 0 Å². The molecular formula is C22H22F3N3O3. The van der Waals surface area contributed by atoms with Crippen LogP contribution in [0.5, 0.6) is 11.5 Å². The molecule has 6 nitrogen and oxygen atoms in total. The Bertz CT molecular complexity index is 1060. The highest BCUT2D eigenvalue weighted by Gasteiger charge is 2.46. The molecule has 164 valence electrons. The summed E-state index contributed by atoms with van der Waals surface area (Å²) < 4.78 is 53.3. The Hall–Kier alpha value is -3.20. The van der Waals surface area contributed by atoms with E-state index < -0.39 is 18.3 Å². The lowest BCUT2D eigenvalue weighted by atomic mass is 9.96. The highest BCUT2D eigenvalue weighted by Crippen LogP contribution is 2.45. The maximum atomic E-state index is 13.9. The summed E-state index contributed by atoms with van der Waals surface area (Å²) in [6.07, 6.45) is -4.67. The van der Waals surface area contributed by atoms with E-state index in [0.29, 0.717) is 33.9 Å². The molecule has 0 radical (unpaired) electrons. The largest absolute Gasteiger partial charge is 0.493 e. The van der Waals surface area contributed by atoms with Crippen molar-refractivity contribution in [3.63, 3.8) is 0 Å². The maximum Gasteiger partial charge on any atom is 0.410 e. The molecule has 0 amide bonds. The Morgan fingerprint density at radius 3 is 2.39 bits per heavy atom. The van der Waals surface area contributed by atoms with Crippen molar-refractivity contribution in [1.82, 2.24) is 9.78 Å². The van der Waals surface area contributed by atoms with Crippen LogP contribution in [0.1, 0.15) is 29.6 Å². The van der Waals surface area contributed by atoms with E-state index in [1.54, 1.807) is 48.5 Å². The molecule has 2 heterocycles. The number of rotatable bonds is 5. The summed E-state index contributed by atoms with van der Waals surface area (Å²) >= 11 is 0. The number of hydrogen-bond acceptors (Lipinski definition) is 5. The zero-order valence-corrected chi connectivity index (χ0v) is 17.0. The zero-order valence-electron chi connectivity index (χ0n) is 17.0. The molecule has 31 heavy (non-hydrogen) atoms. The van der Waals surface area contributed by atoms with E-state index >= 15 is 0 Å². The number of aromatic nitrogens is 2. The van der Waals surface area contributed by atoms with E-state index in [9.17, 15) is 18.3 Å². The number of alkyl halides is 3. The molecule has 0 aliphatic carbocycles. The van der Waals surface area contributed by atoms with E-state index in [-0.39, 0.29) is 18.8 Å². The Labute approximate surface area is 177 Å². The molecule has 0 bridgehead atoms. The van der Waals surface area contributed by atoms with Gasteiger partial charge in [-0.1, -0.05) is 30.3 Å². The summed E-state index contributed by atoms with van der Waals surface area (Å²) in [6.45, 7) is -0.106. The number of methoxy groups -OCH3 is 2. The molecule has 4 rings (SSSR count). The quantitative estimate of drug-likeness (QED) is 0.610. The molecule has 0 spiro atoms. The minimum atomic E-state index is -4.46. The summed E-state index contributed by atoms with van der Waals surface area (Å²) in [7, 11) is 2.99. The summed E-state index contributed by atoms with van der Waals surface area (Å²) in [4.78, 5) is 0. The Morgan fingerprint density at radius 2 is 1.77 bits per heavy atom. The second-order valence-electron chi connectivity index (χ2n) is 7.32. The minimum absolute atomic E-state index is 0.106. The van der Waals surface area contributed by atoms with E-state index in [2.05, 4.69) is 10.4 Å². The number of hydrogen-bond donors (Lipinski definition) is 2. The monoisotopic (exact) mass is 433 g/mol. The first kappa shape index (κ1) is 21.0. The molecule has 1 aliphatic heterocycles. The van der Waals surface area contributed by atoms with Crippen LogP contribution in [0.25, 0.3) is 11.3 Å². The molecule has 0 saturated heterocycles. The molecule has 9 heteroatoms.